The fourth-order valence-electron chi connectivity index (χ4n) is 1.82. The highest BCUT2D eigenvalue weighted by molar-refractivity contribution is 5.79. The van der Waals surface area contributed by atoms with Crippen molar-refractivity contribution in [3.63, 3.8) is 0 Å². The van der Waals surface area contributed by atoms with Crippen molar-refractivity contribution < 1.29 is 0 Å². The number of amidine groups is 1. The van der Waals surface area contributed by atoms with Gasteiger partial charge in [0, 0.05) is 19.0 Å². The lowest BCUT2D eigenvalue weighted by molar-refractivity contribution is 0.371. The van der Waals surface area contributed by atoms with Crippen molar-refractivity contribution >= 4 is 5.84 Å². The largest absolute Gasteiger partial charge is 0.358 e. The van der Waals surface area contributed by atoms with E-state index in [0.29, 0.717) is 6.04 Å². The van der Waals surface area contributed by atoms with E-state index >= 15 is 0 Å². The van der Waals surface area contributed by atoms with Crippen LogP contribution in [-0.2, 0) is 0 Å². The summed E-state index contributed by atoms with van der Waals surface area (Å²) >= 11 is 0. The minimum absolute atomic E-state index is 0.669. The Balaban J connectivity index is 2.49. The van der Waals surface area contributed by atoms with Crippen LogP contribution in [0.3, 0.4) is 0 Å². The first-order chi connectivity index (χ1) is 5.29. The molecular formula is C9H18N2. The Bertz CT molecular complexity index is 142. The van der Waals surface area contributed by atoms with Crippen molar-refractivity contribution in [1.82, 2.24) is 4.90 Å². The summed E-state index contributed by atoms with van der Waals surface area (Å²) in [6.45, 7) is 5.39. The molecule has 1 atom stereocenters. The van der Waals surface area contributed by atoms with Crippen LogP contribution in [0.4, 0.5) is 0 Å². The summed E-state index contributed by atoms with van der Waals surface area (Å²) in [4.78, 5) is 2.26. The molecule has 2 nitrogen and oxygen atoms in total. The summed E-state index contributed by atoms with van der Waals surface area (Å²) in [6, 6.07) is 0.669. The smallest absolute Gasteiger partial charge is 0.0957 e. The van der Waals surface area contributed by atoms with E-state index in [-0.39, 0.29) is 0 Å². The molecule has 0 spiro atoms. The predicted molar refractivity (Wildman–Crippen MR) is 48.0 cm³/mol. The Hall–Kier alpha value is -0.530. The second kappa shape index (κ2) is 3.74. The van der Waals surface area contributed by atoms with Gasteiger partial charge in [-0.15, -0.1) is 0 Å². The first kappa shape index (κ1) is 8.57. The molecule has 0 aliphatic carbocycles. The third-order valence-electron chi connectivity index (χ3n) is 2.53. The van der Waals surface area contributed by atoms with E-state index in [1.807, 2.05) is 0 Å². The van der Waals surface area contributed by atoms with Gasteiger partial charge in [0.15, 0.2) is 0 Å². The normalized spacial score (nSPS) is 24.2. The molecular weight excluding hydrogens is 136 g/mol. The van der Waals surface area contributed by atoms with E-state index < -0.39 is 0 Å². The zero-order chi connectivity index (χ0) is 8.27. The summed E-state index contributed by atoms with van der Waals surface area (Å²) in [6.07, 6.45) is 4.65. The molecule has 1 saturated heterocycles. The standard InChI is InChI=1S/C9H18N2/c1-3-8-6-5-7-11(8)9(10)4-2/h8,10H,3-7H2,1-2H3. The van der Waals surface area contributed by atoms with E-state index in [9.17, 15) is 0 Å². The Morgan fingerprint density at radius 1 is 1.55 bits per heavy atom. The number of rotatable bonds is 2. The molecule has 1 aliphatic rings. The topological polar surface area (TPSA) is 27.1 Å². The molecule has 0 radical (unpaired) electrons. The van der Waals surface area contributed by atoms with Crippen LogP contribution in [0.5, 0.6) is 0 Å². The lowest BCUT2D eigenvalue weighted by atomic mass is 10.1. The fraction of sp³-hybridized carbons (Fsp3) is 0.889. The number of nitrogens with one attached hydrogen (secondary N) is 1. The SMILES string of the molecule is CCC(=N)N1CCCC1CC. The van der Waals surface area contributed by atoms with Crippen LogP contribution >= 0.6 is 0 Å². The third kappa shape index (κ3) is 1.73. The molecule has 1 heterocycles. The first-order valence-corrected chi connectivity index (χ1v) is 4.63. The molecule has 0 aromatic heterocycles. The number of nitrogens with zero attached hydrogens (tertiary/aromatic N) is 1. The fourth-order valence-corrected chi connectivity index (χ4v) is 1.82. The maximum Gasteiger partial charge on any atom is 0.0957 e. The van der Waals surface area contributed by atoms with E-state index in [1.54, 1.807) is 0 Å². The number of hydrogen-bond acceptors (Lipinski definition) is 1. The highest BCUT2D eigenvalue weighted by atomic mass is 15.2. The average molecular weight is 154 g/mol. The van der Waals surface area contributed by atoms with Crippen molar-refractivity contribution in [2.75, 3.05) is 6.54 Å². The van der Waals surface area contributed by atoms with Crippen LogP contribution in [-0.4, -0.2) is 23.3 Å². The summed E-state index contributed by atoms with van der Waals surface area (Å²) in [5, 5.41) is 7.69. The zero-order valence-electron chi connectivity index (χ0n) is 7.56. The predicted octanol–water partition coefficient (Wildman–Crippen LogP) is 2.25. The van der Waals surface area contributed by atoms with E-state index in [0.717, 1.165) is 18.8 Å². The molecule has 1 aliphatic heterocycles. The zero-order valence-corrected chi connectivity index (χ0v) is 7.56. The van der Waals surface area contributed by atoms with E-state index in [4.69, 9.17) is 5.41 Å². The summed E-state index contributed by atoms with van der Waals surface area (Å²) in [7, 11) is 0. The van der Waals surface area contributed by atoms with Gasteiger partial charge in [-0.3, -0.25) is 5.41 Å². The highest BCUT2D eigenvalue weighted by Gasteiger charge is 2.23. The molecule has 1 N–H and O–H groups in total. The lowest BCUT2D eigenvalue weighted by Gasteiger charge is -2.25. The van der Waals surface area contributed by atoms with Gasteiger partial charge in [-0.05, 0) is 19.3 Å². The van der Waals surface area contributed by atoms with Crippen LogP contribution in [0.2, 0.25) is 0 Å². The molecule has 1 fully saturated rings. The van der Waals surface area contributed by atoms with Gasteiger partial charge in [0.25, 0.3) is 0 Å². The maximum atomic E-state index is 7.69. The molecule has 2 heteroatoms. The van der Waals surface area contributed by atoms with Crippen LogP contribution in [0.25, 0.3) is 0 Å². The molecule has 1 rings (SSSR count). The number of hydrogen-bond donors (Lipinski definition) is 1. The maximum absolute atomic E-state index is 7.69. The molecule has 0 bridgehead atoms. The van der Waals surface area contributed by atoms with Crippen LogP contribution in [0, 0.1) is 5.41 Å². The summed E-state index contributed by atoms with van der Waals surface area (Å²) in [5.41, 5.74) is 0. The lowest BCUT2D eigenvalue weighted by Crippen LogP contribution is -2.33. The van der Waals surface area contributed by atoms with Gasteiger partial charge < -0.3 is 4.90 Å². The van der Waals surface area contributed by atoms with Crippen LogP contribution < -0.4 is 0 Å². The molecule has 0 amide bonds. The first-order valence-electron chi connectivity index (χ1n) is 4.63. The molecule has 0 aromatic rings. The molecule has 1 unspecified atom stereocenters. The monoisotopic (exact) mass is 154 g/mol. The third-order valence-corrected chi connectivity index (χ3v) is 2.53. The van der Waals surface area contributed by atoms with Gasteiger partial charge in [-0.25, -0.2) is 0 Å². The molecule has 0 aromatic carbocycles. The number of likely N-dealkylation sites (tertiary alicyclic amines) is 1. The van der Waals surface area contributed by atoms with Gasteiger partial charge in [0.1, 0.15) is 0 Å². The van der Waals surface area contributed by atoms with Crippen LogP contribution in [0.15, 0.2) is 0 Å². The van der Waals surface area contributed by atoms with Crippen molar-refractivity contribution in [2.45, 2.75) is 45.6 Å². The van der Waals surface area contributed by atoms with Gasteiger partial charge >= 0.3 is 0 Å². The van der Waals surface area contributed by atoms with Gasteiger partial charge in [0.2, 0.25) is 0 Å². The van der Waals surface area contributed by atoms with Crippen molar-refractivity contribution in [3.8, 4) is 0 Å². The van der Waals surface area contributed by atoms with Crippen molar-refractivity contribution in [1.29, 1.82) is 5.41 Å². The van der Waals surface area contributed by atoms with Crippen molar-refractivity contribution in [2.24, 2.45) is 0 Å². The second-order valence-electron chi connectivity index (χ2n) is 3.20. The summed E-state index contributed by atoms with van der Waals surface area (Å²) < 4.78 is 0. The van der Waals surface area contributed by atoms with E-state index in [1.165, 1.54) is 19.3 Å². The second-order valence-corrected chi connectivity index (χ2v) is 3.20. The Morgan fingerprint density at radius 2 is 2.27 bits per heavy atom. The van der Waals surface area contributed by atoms with Gasteiger partial charge in [0.05, 0.1) is 5.84 Å². The quantitative estimate of drug-likeness (QED) is 0.479. The van der Waals surface area contributed by atoms with Crippen LogP contribution in [0.1, 0.15) is 39.5 Å². The Kier molecular flexibility index (Phi) is 2.92. The Labute approximate surface area is 69.1 Å². The van der Waals surface area contributed by atoms with Crippen molar-refractivity contribution in [3.05, 3.63) is 0 Å². The average Bonchev–Trinajstić information content (AvgIpc) is 2.50. The summed E-state index contributed by atoms with van der Waals surface area (Å²) in [5.74, 6) is 0.828. The van der Waals surface area contributed by atoms with Gasteiger partial charge in [-0.2, -0.15) is 0 Å². The molecule has 0 saturated carbocycles. The van der Waals surface area contributed by atoms with E-state index in [2.05, 4.69) is 18.7 Å². The minimum Gasteiger partial charge on any atom is -0.358 e. The Morgan fingerprint density at radius 3 is 2.82 bits per heavy atom. The van der Waals surface area contributed by atoms with Gasteiger partial charge in [-0.1, -0.05) is 13.8 Å². The minimum atomic E-state index is 0.669. The highest BCUT2D eigenvalue weighted by Crippen LogP contribution is 2.20. The molecule has 64 valence electrons. The molecule has 11 heavy (non-hydrogen) atoms.